The molecule has 0 aliphatic carbocycles. The van der Waals surface area contributed by atoms with Crippen LogP contribution in [-0.2, 0) is 29.1 Å². The van der Waals surface area contributed by atoms with Gasteiger partial charge in [0.05, 0.1) is 37.7 Å². The van der Waals surface area contributed by atoms with Crippen LogP contribution in [0.4, 0.5) is 5.82 Å². The molecule has 3 heterocycles. The Morgan fingerprint density at radius 1 is 1.35 bits per heavy atom. The molecule has 2 unspecified atom stereocenters. The number of pyridine rings is 1. The van der Waals surface area contributed by atoms with Crippen molar-refractivity contribution in [1.29, 1.82) is 0 Å². The van der Waals surface area contributed by atoms with Crippen molar-refractivity contribution in [1.82, 2.24) is 4.98 Å². The minimum absolute atomic E-state index is 0.0122. The second kappa shape index (κ2) is 3.94. The van der Waals surface area contributed by atoms with Crippen LogP contribution in [0.5, 0.6) is 0 Å². The van der Waals surface area contributed by atoms with Crippen molar-refractivity contribution in [3.8, 4) is 0 Å². The standard InChI is InChI=1S/C12H16N2O3/c1-6-11-9(4-16-6)8-2-7(3-15)17-5-10(8)14-12(11)13/h6-7,15H,2-5H2,1H3,(H2,13,14). The first-order chi connectivity index (χ1) is 8.20. The van der Waals surface area contributed by atoms with E-state index in [4.69, 9.17) is 15.2 Å². The molecule has 0 spiro atoms. The molecular weight excluding hydrogens is 220 g/mol. The second-order valence-corrected chi connectivity index (χ2v) is 4.59. The molecule has 0 fully saturated rings. The molecule has 2 atom stereocenters. The van der Waals surface area contributed by atoms with Gasteiger partial charge in [-0.1, -0.05) is 0 Å². The lowest BCUT2D eigenvalue weighted by molar-refractivity contribution is -0.00928. The van der Waals surface area contributed by atoms with E-state index in [2.05, 4.69) is 4.98 Å². The molecule has 5 nitrogen and oxygen atoms in total. The monoisotopic (exact) mass is 236 g/mol. The number of nitrogens with two attached hydrogens (primary N) is 1. The zero-order chi connectivity index (χ0) is 12.0. The highest BCUT2D eigenvalue weighted by molar-refractivity contribution is 5.53. The van der Waals surface area contributed by atoms with Crippen LogP contribution in [0.25, 0.3) is 0 Å². The van der Waals surface area contributed by atoms with Crippen molar-refractivity contribution in [3.05, 3.63) is 22.4 Å². The van der Waals surface area contributed by atoms with Crippen LogP contribution in [0.15, 0.2) is 0 Å². The van der Waals surface area contributed by atoms with E-state index in [1.807, 2.05) is 6.92 Å². The highest BCUT2D eigenvalue weighted by atomic mass is 16.5. The van der Waals surface area contributed by atoms with Gasteiger partial charge in [-0.15, -0.1) is 0 Å². The lowest BCUT2D eigenvalue weighted by Crippen LogP contribution is -2.28. The summed E-state index contributed by atoms with van der Waals surface area (Å²) in [5.74, 6) is 0.551. The Morgan fingerprint density at radius 2 is 2.18 bits per heavy atom. The number of hydrogen-bond acceptors (Lipinski definition) is 5. The molecule has 0 bridgehead atoms. The SMILES string of the molecule is CC1OCc2c3c(nc(N)c21)COC(CO)C3. The Morgan fingerprint density at radius 3 is 2.94 bits per heavy atom. The van der Waals surface area contributed by atoms with Gasteiger partial charge < -0.3 is 20.3 Å². The van der Waals surface area contributed by atoms with Crippen molar-refractivity contribution < 1.29 is 14.6 Å². The maximum atomic E-state index is 9.17. The summed E-state index contributed by atoms with van der Waals surface area (Å²) in [5, 5.41) is 9.17. The molecule has 3 rings (SSSR count). The first kappa shape index (κ1) is 11.0. The van der Waals surface area contributed by atoms with E-state index in [9.17, 15) is 5.11 Å². The fourth-order valence-electron chi connectivity index (χ4n) is 2.64. The molecule has 2 aliphatic heterocycles. The second-order valence-electron chi connectivity index (χ2n) is 4.59. The average molecular weight is 236 g/mol. The number of fused-ring (bicyclic) bond motifs is 3. The van der Waals surface area contributed by atoms with Crippen LogP contribution in [0.2, 0.25) is 0 Å². The van der Waals surface area contributed by atoms with Crippen LogP contribution in [-0.4, -0.2) is 22.8 Å². The molecule has 5 heteroatoms. The highest BCUT2D eigenvalue weighted by Crippen LogP contribution is 2.38. The Labute approximate surface area is 99.6 Å². The summed E-state index contributed by atoms with van der Waals surface area (Å²) in [6.07, 6.45) is 0.573. The van der Waals surface area contributed by atoms with Crippen molar-refractivity contribution in [3.63, 3.8) is 0 Å². The first-order valence-corrected chi connectivity index (χ1v) is 5.84. The molecule has 2 aliphatic rings. The maximum absolute atomic E-state index is 9.17. The normalized spacial score (nSPS) is 26.7. The molecular formula is C12H16N2O3. The van der Waals surface area contributed by atoms with Gasteiger partial charge in [-0.25, -0.2) is 4.98 Å². The van der Waals surface area contributed by atoms with Gasteiger partial charge in [0.2, 0.25) is 0 Å². The minimum atomic E-state index is -0.132. The van der Waals surface area contributed by atoms with Crippen molar-refractivity contribution in [2.45, 2.75) is 38.8 Å². The number of ether oxygens (including phenoxy) is 2. The van der Waals surface area contributed by atoms with E-state index >= 15 is 0 Å². The van der Waals surface area contributed by atoms with Gasteiger partial charge in [0, 0.05) is 12.0 Å². The van der Waals surface area contributed by atoms with Gasteiger partial charge in [0.1, 0.15) is 5.82 Å². The zero-order valence-corrected chi connectivity index (χ0v) is 9.77. The van der Waals surface area contributed by atoms with E-state index < -0.39 is 0 Å². The molecule has 0 saturated heterocycles. The number of hydrogen-bond donors (Lipinski definition) is 2. The molecule has 0 aromatic carbocycles. The predicted molar refractivity (Wildman–Crippen MR) is 61.2 cm³/mol. The molecule has 17 heavy (non-hydrogen) atoms. The number of aromatic nitrogens is 1. The van der Waals surface area contributed by atoms with Crippen LogP contribution in [0.3, 0.4) is 0 Å². The summed E-state index contributed by atoms with van der Waals surface area (Å²) in [4.78, 5) is 4.40. The van der Waals surface area contributed by atoms with Gasteiger partial charge in [-0.3, -0.25) is 0 Å². The third-order valence-electron chi connectivity index (χ3n) is 3.54. The summed E-state index contributed by atoms with van der Waals surface area (Å²) < 4.78 is 11.1. The quantitative estimate of drug-likeness (QED) is 0.750. The molecule has 0 saturated carbocycles. The summed E-state index contributed by atoms with van der Waals surface area (Å²) >= 11 is 0. The Kier molecular flexibility index (Phi) is 2.54. The molecule has 1 aromatic heterocycles. The molecule has 1 aromatic rings. The highest BCUT2D eigenvalue weighted by Gasteiger charge is 2.31. The van der Waals surface area contributed by atoms with E-state index in [0.717, 1.165) is 22.4 Å². The third kappa shape index (κ3) is 1.62. The minimum Gasteiger partial charge on any atom is -0.394 e. The van der Waals surface area contributed by atoms with Gasteiger partial charge in [-0.05, 0) is 18.1 Å². The van der Waals surface area contributed by atoms with E-state index in [1.165, 1.54) is 0 Å². The Balaban J connectivity index is 2.10. The summed E-state index contributed by atoms with van der Waals surface area (Å²) in [6, 6.07) is 0. The predicted octanol–water partition coefficient (Wildman–Crippen LogP) is 0.689. The number of nitrogen functional groups attached to an aromatic ring is 1. The fraction of sp³-hybridized carbons (Fsp3) is 0.583. The number of anilines is 1. The van der Waals surface area contributed by atoms with E-state index in [1.54, 1.807) is 0 Å². The molecule has 0 amide bonds. The fourth-order valence-corrected chi connectivity index (χ4v) is 2.64. The molecule has 0 radical (unpaired) electrons. The lowest BCUT2D eigenvalue weighted by atomic mass is 9.94. The number of nitrogens with zero attached hydrogens (tertiary/aromatic N) is 1. The number of aliphatic hydroxyl groups excluding tert-OH is 1. The first-order valence-electron chi connectivity index (χ1n) is 5.84. The van der Waals surface area contributed by atoms with Crippen molar-refractivity contribution >= 4 is 5.82 Å². The topological polar surface area (TPSA) is 77.6 Å². The Hall–Kier alpha value is -1.17. The van der Waals surface area contributed by atoms with Gasteiger partial charge in [0.25, 0.3) is 0 Å². The lowest BCUT2D eigenvalue weighted by Gasteiger charge is -2.25. The largest absolute Gasteiger partial charge is 0.394 e. The van der Waals surface area contributed by atoms with Crippen LogP contribution < -0.4 is 5.73 Å². The summed E-state index contributed by atoms with van der Waals surface area (Å²) in [7, 11) is 0. The van der Waals surface area contributed by atoms with E-state index in [0.29, 0.717) is 25.5 Å². The smallest absolute Gasteiger partial charge is 0.129 e. The van der Waals surface area contributed by atoms with Crippen LogP contribution in [0.1, 0.15) is 35.4 Å². The summed E-state index contributed by atoms with van der Waals surface area (Å²) in [5.41, 5.74) is 10.2. The molecule has 92 valence electrons. The van der Waals surface area contributed by atoms with Gasteiger partial charge >= 0.3 is 0 Å². The van der Waals surface area contributed by atoms with Crippen molar-refractivity contribution in [2.75, 3.05) is 12.3 Å². The van der Waals surface area contributed by atoms with Gasteiger partial charge in [-0.2, -0.15) is 0 Å². The zero-order valence-electron chi connectivity index (χ0n) is 9.77. The molecule has 3 N–H and O–H groups in total. The maximum Gasteiger partial charge on any atom is 0.129 e. The Bertz CT molecular complexity index is 462. The van der Waals surface area contributed by atoms with Crippen molar-refractivity contribution in [2.24, 2.45) is 0 Å². The number of rotatable bonds is 1. The van der Waals surface area contributed by atoms with Crippen LogP contribution in [0, 0.1) is 0 Å². The third-order valence-corrected chi connectivity index (χ3v) is 3.54. The van der Waals surface area contributed by atoms with Crippen LogP contribution >= 0.6 is 0 Å². The number of aliphatic hydroxyl groups is 1. The average Bonchev–Trinajstić information content (AvgIpc) is 2.72. The van der Waals surface area contributed by atoms with E-state index in [-0.39, 0.29) is 18.8 Å². The van der Waals surface area contributed by atoms with Gasteiger partial charge in [0.15, 0.2) is 0 Å². The summed E-state index contributed by atoms with van der Waals surface area (Å²) in [6.45, 7) is 3.03.